The highest BCUT2D eigenvalue weighted by molar-refractivity contribution is 5.25. The van der Waals surface area contributed by atoms with Gasteiger partial charge in [-0.05, 0) is 24.1 Å². The van der Waals surface area contributed by atoms with Crippen molar-refractivity contribution in [3.63, 3.8) is 0 Å². The van der Waals surface area contributed by atoms with Crippen LogP contribution in [0.15, 0.2) is 41.3 Å². The van der Waals surface area contributed by atoms with Crippen molar-refractivity contribution in [1.29, 1.82) is 0 Å². The summed E-state index contributed by atoms with van der Waals surface area (Å²) in [6.07, 6.45) is 4.93. The minimum Gasteiger partial charge on any atom is -0.448 e. The molecule has 0 amide bonds. The van der Waals surface area contributed by atoms with E-state index in [9.17, 15) is 0 Å². The predicted molar refractivity (Wildman–Crippen MR) is 58.5 cm³/mol. The Morgan fingerprint density at radius 2 is 1.87 bits per heavy atom. The standard InChI is InChI=1S/C12H14N2O/c13-6-5-10-1-3-11(4-2-10)7-12-8-14-9-15-12/h1-4,8-9H,5-7,13H2. The molecule has 0 radical (unpaired) electrons. The molecule has 0 bridgehead atoms. The average Bonchev–Trinajstić information content (AvgIpc) is 2.74. The van der Waals surface area contributed by atoms with E-state index in [4.69, 9.17) is 10.2 Å². The minimum absolute atomic E-state index is 0.696. The molecule has 1 aromatic carbocycles. The van der Waals surface area contributed by atoms with E-state index in [-0.39, 0.29) is 0 Å². The zero-order valence-electron chi connectivity index (χ0n) is 8.52. The van der Waals surface area contributed by atoms with Crippen LogP contribution in [0, 0.1) is 0 Å². The highest BCUT2D eigenvalue weighted by Gasteiger charge is 1.99. The van der Waals surface area contributed by atoms with Crippen LogP contribution in [-0.2, 0) is 12.8 Å². The summed E-state index contributed by atoms with van der Waals surface area (Å²) in [5.74, 6) is 0.890. The summed E-state index contributed by atoms with van der Waals surface area (Å²) in [4.78, 5) is 3.88. The number of aromatic nitrogens is 1. The highest BCUT2D eigenvalue weighted by atomic mass is 16.3. The molecule has 0 saturated heterocycles. The third-order valence-corrected chi connectivity index (χ3v) is 2.32. The van der Waals surface area contributed by atoms with Gasteiger partial charge in [0, 0.05) is 6.42 Å². The van der Waals surface area contributed by atoms with Gasteiger partial charge in [-0.3, -0.25) is 0 Å². The average molecular weight is 202 g/mol. The van der Waals surface area contributed by atoms with Gasteiger partial charge in [-0.15, -0.1) is 0 Å². The number of hydrogen-bond donors (Lipinski definition) is 1. The van der Waals surface area contributed by atoms with Gasteiger partial charge < -0.3 is 10.2 Å². The predicted octanol–water partition coefficient (Wildman–Crippen LogP) is 1.77. The van der Waals surface area contributed by atoms with Crippen LogP contribution in [-0.4, -0.2) is 11.5 Å². The second-order valence-corrected chi connectivity index (χ2v) is 3.50. The van der Waals surface area contributed by atoms with Crippen molar-refractivity contribution >= 4 is 0 Å². The van der Waals surface area contributed by atoms with Crippen molar-refractivity contribution in [3.8, 4) is 0 Å². The fourth-order valence-electron chi connectivity index (χ4n) is 1.52. The molecule has 2 rings (SSSR count). The SMILES string of the molecule is NCCc1ccc(Cc2cnco2)cc1. The molecule has 1 heterocycles. The van der Waals surface area contributed by atoms with Crippen LogP contribution in [0.2, 0.25) is 0 Å². The Labute approximate surface area is 88.9 Å². The first-order chi connectivity index (χ1) is 7.38. The quantitative estimate of drug-likeness (QED) is 0.822. The lowest BCUT2D eigenvalue weighted by Gasteiger charge is -2.01. The number of nitrogens with zero attached hydrogens (tertiary/aromatic N) is 1. The summed E-state index contributed by atoms with van der Waals surface area (Å²) < 4.78 is 5.18. The molecule has 2 N–H and O–H groups in total. The largest absolute Gasteiger partial charge is 0.448 e. The lowest BCUT2D eigenvalue weighted by atomic mass is 10.1. The smallest absolute Gasteiger partial charge is 0.180 e. The van der Waals surface area contributed by atoms with Gasteiger partial charge in [0.15, 0.2) is 6.39 Å². The van der Waals surface area contributed by atoms with Crippen LogP contribution in [0.4, 0.5) is 0 Å². The molecule has 1 aromatic heterocycles. The molecule has 0 unspecified atom stereocenters. The third kappa shape index (κ3) is 2.67. The van der Waals surface area contributed by atoms with Gasteiger partial charge in [0.25, 0.3) is 0 Å². The van der Waals surface area contributed by atoms with Crippen LogP contribution < -0.4 is 5.73 Å². The molecule has 3 heteroatoms. The maximum Gasteiger partial charge on any atom is 0.180 e. The second-order valence-electron chi connectivity index (χ2n) is 3.50. The van der Waals surface area contributed by atoms with Crippen LogP contribution in [0.3, 0.4) is 0 Å². The topological polar surface area (TPSA) is 52.0 Å². The van der Waals surface area contributed by atoms with Gasteiger partial charge >= 0.3 is 0 Å². The van der Waals surface area contributed by atoms with E-state index < -0.39 is 0 Å². The van der Waals surface area contributed by atoms with Crippen LogP contribution in [0.5, 0.6) is 0 Å². The second kappa shape index (κ2) is 4.75. The Balaban J connectivity index is 2.04. The van der Waals surface area contributed by atoms with Crippen molar-refractivity contribution in [2.45, 2.75) is 12.8 Å². The lowest BCUT2D eigenvalue weighted by molar-refractivity contribution is 0.514. The molecule has 0 aliphatic rings. The molecule has 0 fully saturated rings. The number of benzene rings is 1. The summed E-state index contributed by atoms with van der Waals surface area (Å²) >= 11 is 0. The van der Waals surface area contributed by atoms with Gasteiger partial charge in [0.2, 0.25) is 0 Å². The van der Waals surface area contributed by atoms with Crippen molar-refractivity contribution in [1.82, 2.24) is 4.98 Å². The summed E-state index contributed by atoms with van der Waals surface area (Å²) in [6.45, 7) is 0.696. The molecule has 0 spiro atoms. The van der Waals surface area contributed by atoms with E-state index in [2.05, 4.69) is 29.2 Å². The Bertz CT molecular complexity index is 392. The summed E-state index contributed by atoms with van der Waals surface area (Å²) in [5, 5.41) is 0. The maximum atomic E-state index is 5.49. The van der Waals surface area contributed by atoms with Gasteiger partial charge in [0.05, 0.1) is 6.20 Å². The molecule has 0 saturated carbocycles. The van der Waals surface area contributed by atoms with Crippen LogP contribution in [0.25, 0.3) is 0 Å². The number of rotatable bonds is 4. The molecule has 0 atom stereocenters. The number of hydrogen-bond acceptors (Lipinski definition) is 3. The fourth-order valence-corrected chi connectivity index (χ4v) is 1.52. The molecule has 15 heavy (non-hydrogen) atoms. The van der Waals surface area contributed by atoms with Gasteiger partial charge in [-0.1, -0.05) is 24.3 Å². The molecule has 0 aliphatic heterocycles. The van der Waals surface area contributed by atoms with E-state index in [0.29, 0.717) is 6.54 Å². The molecule has 0 aliphatic carbocycles. The Morgan fingerprint density at radius 1 is 1.13 bits per heavy atom. The lowest BCUT2D eigenvalue weighted by Crippen LogP contribution is -2.02. The van der Waals surface area contributed by atoms with Crippen molar-refractivity contribution in [3.05, 3.63) is 53.7 Å². The summed E-state index contributed by atoms with van der Waals surface area (Å²) in [5.41, 5.74) is 7.99. The summed E-state index contributed by atoms with van der Waals surface area (Å²) in [7, 11) is 0. The molecular formula is C12H14N2O. The van der Waals surface area contributed by atoms with E-state index in [1.54, 1.807) is 6.20 Å². The van der Waals surface area contributed by atoms with E-state index in [0.717, 1.165) is 18.6 Å². The third-order valence-electron chi connectivity index (χ3n) is 2.32. The van der Waals surface area contributed by atoms with Crippen LogP contribution >= 0.6 is 0 Å². The number of nitrogens with two attached hydrogens (primary N) is 1. The van der Waals surface area contributed by atoms with Crippen molar-refractivity contribution < 1.29 is 4.42 Å². The maximum absolute atomic E-state index is 5.49. The monoisotopic (exact) mass is 202 g/mol. The zero-order valence-corrected chi connectivity index (χ0v) is 8.52. The van der Waals surface area contributed by atoms with E-state index >= 15 is 0 Å². The fraction of sp³-hybridized carbons (Fsp3) is 0.250. The van der Waals surface area contributed by atoms with Gasteiger partial charge in [0.1, 0.15) is 5.76 Å². The first-order valence-electron chi connectivity index (χ1n) is 5.04. The molecule has 3 nitrogen and oxygen atoms in total. The highest BCUT2D eigenvalue weighted by Crippen LogP contribution is 2.10. The summed E-state index contributed by atoms with van der Waals surface area (Å²) in [6, 6.07) is 8.43. The minimum atomic E-state index is 0.696. The normalized spacial score (nSPS) is 10.5. The first kappa shape index (κ1) is 9.93. The van der Waals surface area contributed by atoms with E-state index in [1.165, 1.54) is 17.5 Å². The Hall–Kier alpha value is -1.61. The van der Waals surface area contributed by atoms with E-state index in [1.807, 2.05) is 0 Å². The number of oxazole rings is 1. The van der Waals surface area contributed by atoms with Crippen molar-refractivity contribution in [2.24, 2.45) is 5.73 Å². The van der Waals surface area contributed by atoms with Gasteiger partial charge in [-0.25, -0.2) is 4.98 Å². The molecule has 2 aromatic rings. The molecular weight excluding hydrogens is 188 g/mol. The Kier molecular flexibility index (Phi) is 3.15. The first-order valence-corrected chi connectivity index (χ1v) is 5.04. The van der Waals surface area contributed by atoms with Crippen LogP contribution in [0.1, 0.15) is 16.9 Å². The van der Waals surface area contributed by atoms with Crippen molar-refractivity contribution in [2.75, 3.05) is 6.54 Å². The Morgan fingerprint density at radius 3 is 2.47 bits per heavy atom. The van der Waals surface area contributed by atoms with Gasteiger partial charge in [-0.2, -0.15) is 0 Å². The zero-order chi connectivity index (χ0) is 10.5. The molecule has 78 valence electrons.